The molecule has 1 fully saturated rings. The first kappa shape index (κ1) is 16.5. The van der Waals surface area contributed by atoms with Crippen LogP contribution in [0.3, 0.4) is 0 Å². The van der Waals surface area contributed by atoms with Gasteiger partial charge < -0.3 is 9.64 Å². The molecule has 7 heteroatoms. The second kappa shape index (κ2) is 7.09. The minimum Gasteiger partial charge on any atom is -0.496 e. The summed E-state index contributed by atoms with van der Waals surface area (Å²) in [6, 6.07) is 8.06. The van der Waals surface area contributed by atoms with Crippen LogP contribution < -0.4 is 9.64 Å². The van der Waals surface area contributed by atoms with Gasteiger partial charge in [0.25, 0.3) is 0 Å². The van der Waals surface area contributed by atoms with Crippen LogP contribution in [0.15, 0.2) is 29.6 Å². The van der Waals surface area contributed by atoms with Crippen LogP contribution in [0.25, 0.3) is 11.3 Å². The highest BCUT2D eigenvalue weighted by atomic mass is 32.1. The molecule has 25 heavy (non-hydrogen) atoms. The smallest absolute Gasteiger partial charge is 0.208 e. The zero-order chi connectivity index (χ0) is 17.2. The minimum absolute atomic E-state index is 0.527. The fourth-order valence-corrected chi connectivity index (χ4v) is 4.92. The lowest BCUT2D eigenvalue weighted by Gasteiger charge is -2.30. The van der Waals surface area contributed by atoms with Crippen molar-refractivity contribution in [2.45, 2.75) is 25.7 Å². The number of methoxy groups -OCH3 is 1. The molecule has 2 aromatic heterocycles. The average Bonchev–Trinajstić information content (AvgIpc) is 3.31. The summed E-state index contributed by atoms with van der Waals surface area (Å²) in [7, 11) is 1.71. The summed E-state index contributed by atoms with van der Waals surface area (Å²) in [6.45, 7) is 4.04. The van der Waals surface area contributed by atoms with Crippen LogP contribution >= 0.6 is 22.7 Å². The molecule has 130 valence electrons. The van der Waals surface area contributed by atoms with Crippen molar-refractivity contribution in [2.75, 3.05) is 25.1 Å². The summed E-state index contributed by atoms with van der Waals surface area (Å²) in [6.07, 6.45) is 2.22. The number of rotatable bonds is 4. The largest absolute Gasteiger partial charge is 0.496 e. The third-order valence-electron chi connectivity index (χ3n) is 4.53. The van der Waals surface area contributed by atoms with Crippen LogP contribution in [0.2, 0.25) is 0 Å². The lowest BCUT2D eigenvalue weighted by Crippen LogP contribution is -2.32. The van der Waals surface area contributed by atoms with Crippen molar-refractivity contribution in [1.82, 2.24) is 15.2 Å². The molecule has 1 aliphatic rings. The molecule has 0 saturated carbocycles. The minimum atomic E-state index is 0.527. The van der Waals surface area contributed by atoms with E-state index in [9.17, 15) is 0 Å². The Balaban J connectivity index is 1.46. The number of hydrogen-bond donors (Lipinski definition) is 0. The first-order chi connectivity index (χ1) is 12.2. The van der Waals surface area contributed by atoms with Gasteiger partial charge in [-0.2, -0.15) is 0 Å². The number of nitrogens with zero attached hydrogens (tertiary/aromatic N) is 4. The molecule has 0 spiro atoms. The van der Waals surface area contributed by atoms with E-state index >= 15 is 0 Å². The molecule has 0 unspecified atom stereocenters. The van der Waals surface area contributed by atoms with Gasteiger partial charge in [0.1, 0.15) is 10.8 Å². The van der Waals surface area contributed by atoms with Crippen molar-refractivity contribution in [3.05, 3.63) is 39.7 Å². The van der Waals surface area contributed by atoms with Gasteiger partial charge in [0.05, 0.1) is 17.8 Å². The molecule has 1 aromatic carbocycles. The van der Waals surface area contributed by atoms with Gasteiger partial charge in [-0.15, -0.1) is 21.5 Å². The van der Waals surface area contributed by atoms with Crippen LogP contribution in [0.1, 0.15) is 28.8 Å². The molecule has 1 aliphatic heterocycles. The zero-order valence-corrected chi connectivity index (χ0v) is 15.9. The molecule has 0 N–H and O–H groups in total. The molecule has 1 saturated heterocycles. The van der Waals surface area contributed by atoms with Gasteiger partial charge in [0.15, 0.2) is 0 Å². The van der Waals surface area contributed by atoms with Gasteiger partial charge in [-0.1, -0.05) is 23.5 Å². The second-order valence-electron chi connectivity index (χ2n) is 6.14. The quantitative estimate of drug-likeness (QED) is 0.681. The van der Waals surface area contributed by atoms with Crippen molar-refractivity contribution in [1.29, 1.82) is 0 Å². The number of aryl methyl sites for hydroxylation is 1. The maximum absolute atomic E-state index is 5.47. The van der Waals surface area contributed by atoms with Gasteiger partial charge in [0, 0.05) is 30.0 Å². The number of piperidine rings is 1. The number of para-hydroxylation sites is 1. The Labute approximate surface area is 155 Å². The summed E-state index contributed by atoms with van der Waals surface area (Å²) in [5, 5.41) is 13.8. The molecular formula is C18H20N4OS2. The highest BCUT2D eigenvalue weighted by Crippen LogP contribution is 2.36. The van der Waals surface area contributed by atoms with Gasteiger partial charge in [-0.3, -0.25) is 0 Å². The van der Waals surface area contributed by atoms with Crippen molar-refractivity contribution >= 4 is 27.8 Å². The van der Waals surface area contributed by atoms with E-state index in [2.05, 4.69) is 26.5 Å². The van der Waals surface area contributed by atoms with E-state index in [1.54, 1.807) is 29.8 Å². The normalized spacial score (nSPS) is 15.5. The van der Waals surface area contributed by atoms with E-state index < -0.39 is 0 Å². The molecule has 0 radical (unpaired) electrons. The maximum atomic E-state index is 5.47. The standard InChI is InChI=1S/C18H20N4OS2/c1-12-20-21-18(25-12)22-9-7-13(8-10-22)17-19-15(11-24-17)14-5-3-4-6-16(14)23-2/h3-6,11,13H,7-10H2,1-2H3. The number of aromatic nitrogens is 3. The number of ether oxygens (including phenoxy) is 1. The highest BCUT2D eigenvalue weighted by Gasteiger charge is 2.25. The fraction of sp³-hybridized carbons (Fsp3) is 0.389. The van der Waals surface area contributed by atoms with Gasteiger partial charge >= 0.3 is 0 Å². The Hall–Kier alpha value is -1.99. The topological polar surface area (TPSA) is 51.1 Å². The summed E-state index contributed by atoms with van der Waals surface area (Å²) in [5.41, 5.74) is 2.08. The van der Waals surface area contributed by atoms with E-state index in [4.69, 9.17) is 9.72 Å². The lowest BCUT2D eigenvalue weighted by molar-refractivity contribution is 0.416. The zero-order valence-electron chi connectivity index (χ0n) is 14.3. The first-order valence-electron chi connectivity index (χ1n) is 8.38. The summed E-state index contributed by atoms with van der Waals surface area (Å²) >= 11 is 3.43. The molecule has 0 atom stereocenters. The Morgan fingerprint density at radius 2 is 1.96 bits per heavy atom. The third-order valence-corrected chi connectivity index (χ3v) is 6.44. The van der Waals surface area contributed by atoms with Gasteiger partial charge in [0.2, 0.25) is 5.13 Å². The van der Waals surface area contributed by atoms with Crippen molar-refractivity contribution in [2.24, 2.45) is 0 Å². The number of hydrogen-bond acceptors (Lipinski definition) is 7. The number of thiazole rings is 1. The lowest BCUT2D eigenvalue weighted by atomic mass is 9.98. The first-order valence-corrected chi connectivity index (χ1v) is 10.1. The van der Waals surface area contributed by atoms with Crippen LogP contribution in [0.4, 0.5) is 5.13 Å². The molecule has 0 aliphatic carbocycles. The molecule has 3 heterocycles. The van der Waals surface area contributed by atoms with Crippen LogP contribution in [0, 0.1) is 6.92 Å². The van der Waals surface area contributed by atoms with Crippen molar-refractivity contribution in [3.8, 4) is 17.0 Å². The molecule has 5 nitrogen and oxygen atoms in total. The van der Waals surface area contributed by atoms with Gasteiger partial charge in [-0.25, -0.2) is 4.98 Å². The van der Waals surface area contributed by atoms with E-state index in [-0.39, 0.29) is 0 Å². The van der Waals surface area contributed by atoms with Crippen LogP contribution in [0.5, 0.6) is 5.75 Å². The molecule has 0 amide bonds. The van der Waals surface area contributed by atoms with Crippen molar-refractivity contribution in [3.63, 3.8) is 0 Å². The predicted octanol–water partition coefficient (Wildman–Crippen LogP) is 4.36. The molecule has 4 rings (SSSR count). The van der Waals surface area contributed by atoms with Crippen LogP contribution in [-0.4, -0.2) is 35.4 Å². The van der Waals surface area contributed by atoms with Crippen LogP contribution in [-0.2, 0) is 0 Å². The summed E-state index contributed by atoms with van der Waals surface area (Å²) in [5.74, 6) is 1.40. The fourth-order valence-electron chi connectivity index (χ4n) is 3.19. The molecule has 0 bridgehead atoms. The SMILES string of the molecule is COc1ccccc1-c1csc(C2CCN(c3nnc(C)s3)CC2)n1. The van der Waals surface area contributed by atoms with Gasteiger partial charge in [-0.05, 0) is 31.9 Å². The Bertz CT molecular complexity index is 852. The van der Waals surface area contributed by atoms with E-state index in [1.165, 1.54) is 5.01 Å². The van der Waals surface area contributed by atoms with E-state index in [0.717, 1.165) is 53.1 Å². The Kier molecular flexibility index (Phi) is 4.67. The monoisotopic (exact) mass is 372 g/mol. The average molecular weight is 373 g/mol. The van der Waals surface area contributed by atoms with Crippen molar-refractivity contribution < 1.29 is 4.74 Å². The van der Waals surface area contributed by atoms with E-state index in [1.807, 2.05) is 25.1 Å². The number of anilines is 1. The summed E-state index contributed by atoms with van der Waals surface area (Å²) < 4.78 is 5.47. The summed E-state index contributed by atoms with van der Waals surface area (Å²) in [4.78, 5) is 7.25. The predicted molar refractivity (Wildman–Crippen MR) is 103 cm³/mol. The highest BCUT2D eigenvalue weighted by molar-refractivity contribution is 7.15. The Morgan fingerprint density at radius 3 is 2.68 bits per heavy atom. The third kappa shape index (κ3) is 3.39. The molecule has 3 aromatic rings. The second-order valence-corrected chi connectivity index (χ2v) is 8.19. The Morgan fingerprint density at radius 1 is 1.16 bits per heavy atom. The molecular weight excluding hydrogens is 352 g/mol. The maximum Gasteiger partial charge on any atom is 0.208 e. The number of benzene rings is 1. The van der Waals surface area contributed by atoms with E-state index in [0.29, 0.717) is 5.92 Å².